The zero-order chi connectivity index (χ0) is 26.1. The molecule has 5 N–H and O–H groups in total. The van der Waals surface area contributed by atoms with E-state index in [1.165, 1.54) is 22.6 Å². The minimum Gasteiger partial charge on any atom is -0.481 e. The van der Waals surface area contributed by atoms with Crippen LogP contribution in [-0.4, -0.2) is 66.6 Å². The Balaban J connectivity index is 0.000000385. The number of hydrogen-bond acceptors (Lipinski definition) is 7. The van der Waals surface area contributed by atoms with Gasteiger partial charge >= 0.3 is 17.9 Å². The molecule has 0 saturated carbocycles. The van der Waals surface area contributed by atoms with E-state index in [1.807, 2.05) is 23.3 Å². The zero-order valence-electron chi connectivity index (χ0n) is 18.6. The molecule has 12 heteroatoms. The van der Waals surface area contributed by atoms with Crippen molar-refractivity contribution in [2.75, 3.05) is 6.54 Å². The number of carboxylic acids is 3. The molecule has 1 aromatic heterocycles. The summed E-state index contributed by atoms with van der Waals surface area (Å²) >= 11 is 1.65. The third-order valence-electron chi connectivity index (χ3n) is 4.55. The third kappa shape index (κ3) is 9.91. The molecule has 0 aliphatic heterocycles. The first-order chi connectivity index (χ1) is 15.7. The van der Waals surface area contributed by atoms with Gasteiger partial charge in [0, 0.05) is 36.1 Å². The first kappa shape index (κ1) is 29.1. The van der Waals surface area contributed by atoms with Crippen molar-refractivity contribution in [3.05, 3.63) is 57.3 Å². The molecule has 0 saturated heterocycles. The number of rotatable bonds is 11. The summed E-state index contributed by atoms with van der Waals surface area (Å²) in [7, 11) is 0. The highest BCUT2D eigenvalue weighted by molar-refractivity contribution is 7.10. The number of aryl methyl sites for hydroxylation is 1. The Morgan fingerprint density at radius 3 is 2.06 bits per heavy atom. The molecule has 1 unspecified atom stereocenters. The molecule has 0 radical (unpaired) electrons. The molecule has 9 nitrogen and oxygen atoms in total. The topological polar surface area (TPSA) is 156 Å². The Morgan fingerprint density at radius 1 is 1.06 bits per heavy atom. The monoisotopic (exact) mass is 503 g/mol. The summed E-state index contributed by atoms with van der Waals surface area (Å²) in [6.07, 6.45) is -2.79. The van der Waals surface area contributed by atoms with Gasteiger partial charge in [0.2, 0.25) is 0 Å². The van der Waals surface area contributed by atoms with E-state index < -0.39 is 54.1 Å². The molecule has 188 valence electrons. The van der Waals surface area contributed by atoms with E-state index in [0.29, 0.717) is 25.2 Å². The standard InChI is InChI=1S/C16H19F2NOS.C6H8O7/c1-11-5-6-21-16(11)10-19(8-12(2)20)9-13-3-4-14(17)7-15(13)18;7-3(8)1-6(13,5(11)12)2-4(9)10/h3-7,12,20H,8-10H2,1-2H3;13H,1-2H2,(H,7,8)(H,9,10)(H,11,12). The van der Waals surface area contributed by atoms with Crippen LogP contribution in [0.1, 0.15) is 35.8 Å². The average molecular weight is 504 g/mol. The number of carboxylic acid groups (broad SMARTS) is 3. The molecule has 1 atom stereocenters. The number of aliphatic hydroxyl groups excluding tert-OH is 1. The highest BCUT2D eigenvalue weighted by Crippen LogP contribution is 2.20. The van der Waals surface area contributed by atoms with Crippen molar-refractivity contribution in [3.63, 3.8) is 0 Å². The third-order valence-corrected chi connectivity index (χ3v) is 5.56. The quantitative estimate of drug-likeness (QED) is 0.311. The van der Waals surface area contributed by atoms with Crippen LogP contribution in [0.3, 0.4) is 0 Å². The van der Waals surface area contributed by atoms with Gasteiger partial charge in [0.15, 0.2) is 5.60 Å². The van der Waals surface area contributed by atoms with Crippen LogP contribution < -0.4 is 0 Å². The van der Waals surface area contributed by atoms with E-state index in [9.17, 15) is 28.3 Å². The lowest BCUT2D eigenvalue weighted by Crippen LogP contribution is -2.42. The van der Waals surface area contributed by atoms with Crippen LogP contribution in [0.2, 0.25) is 0 Å². The number of aliphatic hydroxyl groups is 2. The molecule has 2 rings (SSSR count). The summed E-state index contributed by atoms with van der Waals surface area (Å²) in [4.78, 5) is 33.6. The van der Waals surface area contributed by atoms with Gasteiger partial charge in [-0.3, -0.25) is 14.5 Å². The molecular formula is C22H27F2NO8S. The normalized spacial score (nSPS) is 12.1. The van der Waals surface area contributed by atoms with Gasteiger partial charge in [0.05, 0.1) is 18.9 Å². The van der Waals surface area contributed by atoms with Crippen molar-refractivity contribution in [1.82, 2.24) is 4.90 Å². The van der Waals surface area contributed by atoms with E-state index in [-0.39, 0.29) is 0 Å². The predicted octanol–water partition coefficient (Wildman–Crippen LogP) is 2.47. The van der Waals surface area contributed by atoms with Crippen LogP contribution in [0.25, 0.3) is 0 Å². The lowest BCUT2D eigenvalue weighted by molar-refractivity contribution is -0.170. The lowest BCUT2D eigenvalue weighted by Gasteiger charge is -2.24. The average Bonchev–Trinajstić information content (AvgIpc) is 3.07. The number of aliphatic carboxylic acids is 3. The van der Waals surface area contributed by atoms with Gasteiger partial charge in [0.1, 0.15) is 11.6 Å². The van der Waals surface area contributed by atoms with Crippen LogP contribution in [-0.2, 0) is 27.5 Å². The number of nitrogens with zero attached hydrogens (tertiary/aromatic N) is 1. The van der Waals surface area contributed by atoms with Crippen molar-refractivity contribution in [2.45, 2.75) is 51.5 Å². The van der Waals surface area contributed by atoms with Crippen molar-refractivity contribution in [2.24, 2.45) is 0 Å². The van der Waals surface area contributed by atoms with E-state index in [1.54, 1.807) is 18.3 Å². The maximum absolute atomic E-state index is 13.8. The van der Waals surface area contributed by atoms with Gasteiger partial charge in [0.25, 0.3) is 0 Å². The van der Waals surface area contributed by atoms with E-state index >= 15 is 0 Å². The van der Waals surface area contributed by atoms with Crippen LogP contribution in [0.4, 0.5) is 8.78 Å². The molecule has 0 aliphatic rings. The second-order valence-corrected chi connectivity index (χ2v) is 8.76. The smallest absolute Gasteiger partial charge is 0.336 e. The minimum atomic E-state index is -2.74. The van der Waals surface area contributed by atoms with Crippen LogP contribution in [0.5, 0.6) is 0 Å². The highest BCUT2D eigenvalue weighted by Gasteiger charge is 2.40. The number of thiophene rings is 1. The number of halogens is 2. The Bertz CT molecular complexity index is 979. The van der Waals surface area contributed by atoms with Crippen LogP contribution >= 0.6 is 11.3 Å². The summed E-state index contributed by atoms with van der Waals surface area (Å²) in [5.41, 5.74) is -1.11. The number of carbonyl (C=O) groups is 3. The van der Waals surface area contributed by atoms with Gasteiger partial charge in [-0.05, 0) is 36.9 Å². The molecule has 0 fully saturated rings. The molecule has 1 aromatic carbocycles. The molecular weight excluding hydrogens is 476 g/mol. The Morgan fingerprint density at radius 2 is 1.65 bits per heavy atom. The summed E-state index contributed by atoms with van der Waals surface area (Å²) in [6, 6.07) is 5.65. The number of benzene rings is 1. The van der Waals surface area contributed by atoms with Gasteiger partial charge in [-0.25, -0.2) is 13.6 Å². The molecule has 2 aromatic rings. The fourth-order valence-electron chi connectivity index (χ4n) is 2.93. The predicted molar refractivity (Wildman–Crippen MR) is 118 cm³/mol. The lowest BCUT2D eigenvalue weighted by atomic mass is 9.96. The first-order valence-corrected chi connectivity index (χ1v) is 10.9. The molecule has 0 bridgehead atoms. The Labute approximate surface area is 198 Å². The second-order valence-electron chi connectivity index (χ2n) is 7.76. The fourth-order valence-corrected chi connectivity index (χ4v) is 3.88. The highest BCUT2D eigenvalue weighted by atomic mass is 32.1. The van der Waals surface area contributed by atoms with Crippen LogP contribution in [0.15, 0.2) is 29.6 Å². The fraction of sp³-hybridized carbons (Fsp3) is 0.409. The van der Waals surface area contributed by atoms with Crippen molar-refractivity contribution in [1.29, 1.82) is 0 Å². The molecule has 0 aliphatic carbocycles. The van der Waals surface area contributed by atoms with E-state index in [0.717, 1.165) is 6.07 Å². The molecule has 34 heavy (non-hydrogen) atoms. The number of hydrogen-bond donors (Lipinski definition) is 5. The molecule has 0 spiro atoms. The first-order valence-electron chi connectivity index (χ1n) is 10.00. The molecule has 1 heterocycles. The van der Waals surface area contributed by atoms with Crippen molar-refractivity contribution < 1.29 is 48.7 Å². The van der Waals surface area contributed by atoms with E-state index in [2.05, 4.69) is 0 Å². The Kier molecular flexibility index (Phi) is 11.2. The zero-order valence-corrected chi connectivity index (χ0v) is 19.4. The maximum Gasteiger partial charge on any atom is 0.336 e. The van der Waals surface area contributed by atoms with Crippen LogP contribution in [0, 0.1) is 18.6 Å². The summed E-state index contributed by atoms with van der Waals surface area (Å²) < 4.78 is 26.7. The second kappa shape index (κ2) is 13.1. The maximum atomic E-state index is 13.8. The van der Waals surface area contributed by atoms with Gasteiger partial charge in [-0.15, -0.1) is 11.3 Å². The minimum absolute atomic E-state index is 0.342. The molecule has 0 amide bonds. The summed E-state index contributed by atoms with van der Waals surface area (Å²) in [5.74, 6) is -6.14. The van der Waals surface area contributed by atoms with Crippen molar-refractivity contribution >= 4 is 29.2 Å². The van der Waals surface area contributed by atoms with Gasteiger partial charge in [-0.1, -0.05) is 6.07 Å². The van der Waals surface area contributed by atoms with Crippen molar-refractivity contribution in [3.8, 4) is 0 Å². The SMILES string of the molecule is Cc1ccsc1CN(Cc1ccc(F)cc1F)CC(C)O.O=C(O)CC(O)(CC(=O)O)C(=O)O. The summed E-state index contributed by atoms with van der Waals surface area (Å²) in [6.45, 7) is 5.16. The van der Waals surface area contributed by atoms with E-state index in [4.69, 9.17) is 20.4 Å². The van der Waals surface area contributed by atoms with Gasteiger partial charge in [-0.2, -0.15) is 0 Å². The summed E-state index contributed by atoms with van der Waals surface area (Å²) in [5, 5.41) is 45.4. The van der Waals surface area contributed by atoms with Gasteiger partial charge < -0.3 is 25.5 Å². The Hall–Kier alpha value is -2.93. The largest absolute Gasteiger partial charge is 0.481 e.